The Hall–Kier alpha value is -2.89. The van der Waals surface area contributed by atoms with E-state index in [1.165, 1.54) is 0 Å². The Kier molecular flexibility index (Phi) is 3.97. The first-order valence-corrected chi connectivity index (χ1v) is 7.74. The first-order valence-electron chi connectivity index (χ1n) is 7.74. The van der Waals surface area contributed by atoms with Gasteiger partial charge in [0.05, 0.1) is 5.69 Å². The van der Waals surface area contributed by atoms with Crippen molar-refractivity contribution in [2.75, 3.05) is 5.32 Å². The average Bonchev–Trinajstić information content (AvgIpc) is 2.98. The quantitative estimate of drug-likeness (QED) is 0.743. The number of aromatic nitrogens is 3. The van der Waals surface area contributed by atoms with Crippen molar-refractivity contribution in [3.63, 3.8) is 0 Å². The molecular formula is C18H20N4O2. The third-order valence-electron chi connectivity index (χ3n) is 3.41. The van der Waals surface area contributed by atoms with Crippen LogP contribution in [-0.2, 0) is 4.74 Å². The monoisotopic (exact) mass is 324 g/mol. The Labute approximate surface area is 140 Å². The van der Waals surface area contributed by atoms with Crippen molar-refractivity contribution in [1.82, 2.24) is 14.6 Å². The van der Waals surface area contributed by atoms with Crippen molar-refractivity contribution in [1.29, 1.82) is 0 Å². The number of anilines is 2. The summed E-state index contributed by atoms with van der Waals surface area (Å²) in [6.07, 6.45) is 3.36. The first kappa shape index (κ1) is 16.0. The standard InChI is InChI=1S/C18H20N4O2/c1-12-14(20-13-8-6-5-7-9-13)15(17(23)24-18(2,3)4)21-22-11-10-19-16(12)22/h5-11,20H,1-4H3. The number of hydrogen-bond acceptors (Lipinski definition) is 5. The highest BCUT2D eigenvalue weighted by Crippen LogP contribution is 2.27. The molecule has 1 aromatic carbocycles. The fourth-order valence-electron chi connectivity index (χ4n) is 2.38. The number of nitrogens with one attached hydrogen (secondary N) is 1. The van der Waals surface area contributed by atoms with E-state index in [0.29, 0.717) is 11.3 Å². The van der Waals surface area contributed by atoms with Gasteiger partial charge in [0.15, 0.2) is 11.3 Å². The van der Waals surface area contributed by atoms with Crippen molar-refractivity contribution >= 4 is 23.0 Å². The highest BCUT2D eigenvalue weighted by molar-refractivity contribution is 5.96. The van der Waals surface area contributed by atoms with Gasteiger partial charge in [-0.3, -0.25) is 0 Å². The summed E-state index contributed by atoms with van der Waals surface area (Å²) in [5, 5.41) is 7.67. The van der Waals surface area contributed by atoms with Crippen LogP contribution in [0.5, 0.6) is 0 Å². The Bertz CT molecular complexity index is 879. The van der Waals surface area contributed by atoms with Gasteiger partial charge in [-0.15, -0.1) is 0 Å². The molecular weight excluding hydrogens is 304 g/mol. The van der Waals surface area contributed by atoms with Crippen LogP contribution in [0.15, 0.2) is 42.7 Å². The van der Waals surface area contributed by atoms with E-state index in [9.17, 15) is 4.79 Å². The number of benzene rings is 1. The molecule has 2 aromatic heterocycles. The molecule has 0 saturated carbocycles. The number of para-hydroxylation sites is 1. The molecule has 0 unspecified atom stereocenters. The fourth-order valence-corrected chi connectivity index (χ4v) is 2.38. The molecule has 3 aromatic rings. The van der Waals surface area contributed by atoms with Gasteiger partial charge in [-0.05, 0) is 39.8 Å². The summed E-state index contributed by atoms with van der Waals surface area (Å²) in [5.41, 5.74) is 2.63. The van der Waals surface area contributed by atoms with Gasteiger partial charge >= 0.3 is 5.97 Å². The highest BCUT2D eigenvalue weighted by Gasteiger charge is 2.25. The second kappa shape index (κ2) is 5.96. The summed E-state index contributed by atoms with van der Waals surface area (Å²) in [6, 6.07) is 9.63. The maximum absolute atomic E-state index is 12.6. The van der Waals surface area contributed by atoms with Crippen molar-refractivity contribution in [3.8, 4) is 0 Å². The number of hydrogen-bond donors (Lipinski definition) is 1. The van der Waals surface area contributed by atoms with Crippen LogP contribution in [0, 0.1) is 6.92 Å². The number of ether oxygens (including phenoxy) is 1. The van der Waals surface area contributed by atoms with Gasteiger partial charge in [0.2, 0.25) is 0 Å². The average molecular weight is 324 g/mol. The number of esters is 1. The van der Waals surface area contributed by atoms with E-state index >= 15 is 0 Å². The van der Waals surface area contributed by atoms with E-state index in [-0.39, 0.29) is 5.69 Å². The zero-order valence-corrected chi connectivity index (χ0v) is 14.2. The van der Waals surface area contributed by atoms with Crippen molar-refractivity contribution in [3.05, 3.63) is 54.0 Å². The Balaban J connectivity index is 2.11. The van der Waals surface area contributed by atoms with E-state index in [4.69, 9.17) is 4.74 Å². The lowest BCUT2D eigenvalue weighted by molar-refractivity contribution is 0.00625. The summed E-state index contributed by atoms with van der Waals surface area (Å²) < 4.78 is 7.10. The van der Waals surface area contributed by atoms with E-state index in [2.05, 4.69) is 15.4 Å². The molecule has 3 rings (SSSR count). The number of aryl methyl sites for hydroxylation is 1. The van der Waals surface area contributed by atoms with E-state index < -0.39 is 11.6 Å². The summed E-state index contributed by atoms with van der Waals surface area (Å²) in [4.78, 5) is 16.9. The number of nitrogens with zero attached hydrogens (tertiary/aromatic N) is 3. The molecule has 0 aliphatic heterocycles. The van der Waals surface area contributed by atoms with Crippen LogP contribution in [0.2, 0.25) is 0 Å². The van der Waals surface area contributed by atoms with Gasteiger partial charge in [0, 0.05) is 23.6 Å². The molecule has 6 heteroatoms. The zero-order valence-electron chi connectivity index (χ0n) is 14.2. The van der Waals surface area contributed by atoms with E-state index in [1.807, 2.05) is 58.0 Å². The van der Waals surface area contributed by atoms with Crippen LogP contribution in [-0.4, -0.2) is 26.2 Å². The number of imidazole rings is 1. The van der Waals surface area contributed by atoms with Crippen LogP contribution < -0.4 is 5.32 Å². The lowest BCUT2D eigenvalue weighted by atomic mass is 10.1. The number of carbonyl (C=O) groups is 1. The van der Waals surface area contributed by atoms with Gasteiger partial charge in [0.1, 0.15) is 5.60 Å². The first-order chi connectivity index (χ1) is 11.3. The minimum Gasteiger partial charge on any atom is -0.455 e. The zero-order chi connectivity index (χ0) is 17.3. The normalized spacial score (nSPS) is 11.5. The summed E-state index contributed by atoms with van der Waals surface area (Å²) >= 11 is 0. The highest BCUT2D eigenvalue weighted by atomic mass is 16.6. The molecule has 0 aliphatic rings. The maximum atomic E-state index is 12.6. The van der Waals surface area contributed by atoms with Crippen molar-refractivity contribution in [2.24, 2.45) is 0 Å². The largest absolute Gasteiger partial charge is 0.455 e. The van der Waals surface area contributed by atoms with Crippen LogP contribution in [0.25, 0.3) is 5.65 Å². The Morgan fingerprint density at radius 2 is 1.92 bits per heavy atom. The molecule has 0 amide bonds. The number of rotatable bonds is 3. The topological polar surface area (TPSA) is 68.5 Å². The molecule has 2 heterocycles. The van der Waals surface area contributed by atoms with Crippen LogP contribution in [0.4, 0.5) is 11.4 Å². The molecule has 0 aliphatic carbocycles. The lowest BCUT2D eigenvalue weighted by Crippen LogP contribution is -2.26. The van der Waals surface area contributed by atoms with Gasteiger partial charge in [0.25, 0.3) is 0 Å². The number of fused-ring (bicyclic) bond motifs is 1. The van der Waals surface area contributed by atoms with Gasteiger partial charge in [-0.25, -0.2) is 14.3 Å². The molecule has 6 nitrogen and oxygen atoms in total. The molecule has 0 saturated heterocycles. The molecule has 1 N–H and O–H groups in total. The molecule has 24 heavy (non-hydrogen) atoms. The second-order valence-electron chi connectivity index (χ2n) is 6.54. The van der Waals surface area contributed by atoms with Crippen LogP contribution in [0.3, 0.4) is 0 Å². The third-order valence-corrected chi connectivity index (χ3v) is 3.41. The molecule has 0 spiro atoms. The SMILES string of the molecule is Cc1c(Nc2ccccc2)c(C(=O)OC(C)(C)C)nn2ccnc12. The predicted octanol–water partition coefficient (Wildman–Crippen LogP) is 3.74. The van der Waals surface area contributed by atoms with Crippen LogP contribution >= 0.6 is 0 Å². The molecule has 0 atom stereocenters. The summed E-state index contributed by atoms with van der Waals surface area (Å²) in [5.74, 6) is -0.473. The molecule has 0 radical (unpaired) electrons. The lowest BCUT2D eigenvalue weighted by Gasteiger charge is -2.21. The second-order valence-corrected chi connectivity index (χ2v) is 6.54. The number of carbonyl (C=O) groups excluding carboxylic acids is 1. The molecule has 124 valence electrons. The predicted molar refractivity (Wildman–Crippen MR) is 92.6 cm³/mol. The van der Waals surface area contributed by atoms with E-state index in [0.717, 1.165) is 11.3 Å². The van der Waals surface area contributed by atoms with Gasteiger partial charge < -0.3 is 10.1 Å². The maximum Gasteiger partial charge on any atom is 0.361 e. The van der Waals surface area contributed by atoms with Crippen molar-refractivity contribution in [2.45, 2.75) is 33.3 Å². The van der Waals surface area contributed by atoms with Crippen molar-refractivity contribution < 1.29 is 9.53 Å². The van der Waals surface area contributed by atoms with E-state index in [1.54, 1.807) is 16.9 Å². The minimum atomic E-state index is -0.597. The molecule has 0 bridgehead atoms. The van der Waals surface area contributed by atoms with Gasteiger partial charge in [-0.1, -0.05) is 18.2 Å². The van der Waals surface area contributed by atoms with Crippen LogP contribution in [0.1, 0.15) is 36.8 Å². The minimum absolute atomic E-state index is 0.233. The van der Waals surface area contributed by atoms with Gasteiger partial charge in [-0.2, -0.15) is 5.10 Å². The Morgan fingerprint density at radius 3 is 2.58 bits per heavy atom. The summed E-state index contributed by atoms with van der Waals surface area (Å²) in [7, 11) is 0. The fraction of sp³-hybridized carbons (Fsp3) is 0.278. The smallest absolute Gasteiger partial charge is 0.361 e. The Morgan fingerprint density at radius 1 is 1.21 bits per heavy atom. The molecule has 0 fully saturated rings. The summed E-state index contributed by atoms with van der Waals surface area (Å²) in [6.45, 7) is 7.40. The third kappa shape index (κ3) is 3.22.